The largest absolute Gasteiger partial charge is 0.382 e. The zero-order valence-electron chi connectivity index (χ0n) is 14.2. The van der Waals surface area contributed by atoms with Crippen LogP contribution in [0.3, 0.4) is 0 Å². The van der Waals surface area contributed by atoms with Gasteiger partial charge in [0, 0.05) is 36.0 Å². The number of benzene rings is 1. The Morgan fingerprint density at radius 3 is 2.61 bits per heavy atom. The summed E-state index contributed by atoms with van der Waals surface area (Å²) >= 11 is 5.96. The molecule has 0 unspecified atom stereocenters. The first-order valence-electron chi connectivity index (χ1n) is 8.23. The van der Waals surface area contributed by atoms with Crippen molar-refractivity contribution in [2.75, 3.05) is 19.8 Å². The zero-order valence-corrected chi connectivity index (χ0v) is 15.0. The Morgan fingerprint density at radius 2 is 1.91 bits per heavy atom. The van der Waals surface area contributed by atoms with Crippen LogP contribution < -0.4 is 5.32 Å². The highest BCUT2D eigenvalue weighted by Crippen LogP contribution is 2.19. The molecule has 0 saturated heterocycles. The molecule has 2 rings (SSSR count). The second-order valence-electron chi connectivity index (χ2n) is 5.62. The van der Waals surface area contributed by atoms with Crippen molar-refractivity contribution in [3.63, 3.8) is 0 Å². The van der Waals surface area contributed by atoms with Crippen LogP contribution in [0, 0.1) is 13.8 Å². The highest BCUT2D eigenvalue weighted by Gasteiger charge is 2.12. The summed E-state index contributed by atoms with van der Waals surface area (Å²) < 4.78 is 7.33. The Morgan fingerprint density at radius 1 is 1.17 bits per heavy atom. The summed E-state index contributed by atoms with van der Waals surface area (Å²) in [5.74, 6) is 0. The molecule has 0 saturated carbocycles. The summed E-state index contributed by atoms with van der Waals surface area (Å²) in [4.78, 5) is 0. The van der Waals surface area contributed by atoms with E-state index in [-0.39, 0.29) is 0 Å². The normalized spacial score (nSPS) is 11.1. The number of nitrogens with zero attached hydrogens (tertiary/aromatic N) is 2. The molecule has 126 valence electrons. The third-order valence-electron chi connectivity index (χ3n) is 3.91. The summed E-state index contributed by atoms with van der Waals surface area (Å²) in [5.41, 5.74) is 4.55. The van der Waals surface area contributed by atoms with Gasteiger partial charge in [0.25, 0.3) is 0 Å². The Balaban J connectivity index is 1.92. The van der Waals surface area contributed by atoms with E-state index in [0.717, 1.165) is 55.5 Å². The second kappa shape index (κ2) is 9.06. The molecular weight excluding hydrogens is 310 g/mol. The predicted octanol–water partition coefficient (Wildman–Crippen LogP) is 4.05. The summed E-state index contributed by atoms with van der Waals surface area (Å²) in [5, 5.41) is 8.91. The predicted molar refractivity (Wildman–Crippen MR) is 95.5 cm³/mol. The molecule has 0 aliphatic carbocycles. The number of aryl methyl sites for hydroxylation is 1. The fourth-order valence-corrected chi connectivity index (χ4v) is 2.70. The molecule has 2 aromatic rings. The molecule has 1 aromatic carbocycles. The monoisotopic (exact) mass is 335 g/mol. The molecule has 0 fully saturated rings. The molecular formula is C18H26ClN3O. The Labute approximate surface area is 143 Å². The number of hydrogen-bond donors (Lipinski definition) is 1. The van der Waals surface area contributed by atoms with E-state index < -0.39 is 0 Å². The molecule has 0 atom stereocenters. The van der Waals surface area contributed by atoms with E-state index in [9.17, 15) is 0 Å². The van der Waals surface area contributed by atoms with Crippen molar-refractivity contribution in [3.05, 3.63) is 46.2 Å². The fourth-order valence-electron chi connectivity index (χ4n) is 2.58. The van der Waals surface area contributed by atoms with Gasteiger partial charge in [-0.15, -0.1) is 0 Å². The maximum atomic E-state index is 5.96. The van der Waals surface area contributed by atoms with Gasteiger partial charge in [-0.2, -0.15) is 5.10 Å². The van der Waals surface area contributed by atoms with Crippen molar-refractivity contribution in [1.29, 1.82) is 0 Å². The minimum absolute atomic E-state index is 0.740. The molecule has 5 heteroatoms. The van der Waals surface area contributed by atoms with Crippen LogP contribution in [-0.2, 0) is 11.3 Å². The van der Waals surface area contributed by atoms with Gasteiger partial charge in [-0.25, -0.2) is 4.68 Å². The van der Waals surface area contributed by atoms with E-state index in [1.54, 1.807) is 0 Å². The number of halogens is 1. The minimum atomic E-state index is 0.740. The average molecular weight is 336 g/mol. The first-order chi connectivity index (χ1) is 11.1. The van der Waals surface area contributed by atoms with Gasteiger partial charge in [-0.3, -0.25) is 0 Å². The van der Waals surface area contributed by atoms with E-state index in [0.29, 0.717) is 0 Å². The van der Waals surface area contributed by atoms with Crippen LogP contribution in [0.4, 0.5) is 0 Å². The molecule has 4 nitrogen and oxygen atoms in total. The highest BCUT2D eigenvalue weighted by atomic mass is 35.5. The standard InChI is InChI=1S/C18H26ClN3O/c1-4-23-12-6-5-11-20-13-18-14(2)21-22(15(18)3)17-9-7-16(19)8-10-17/h7-10,20H,4-6,11-13H2,1-3H3. The van der Waals surface area contributed by atoms with E-state index in [1.165, 1.54) is 11.3 Å². The van der Waals surface area contributed by atoms with Crippen molar-refractivity contribution in [2.24, 2.45) is 0 Å². The van der Waals surface area contributed by atoms with E-state index >= 15 is 0 Å². The molecule has 23 heavy (non-hydrogen) atoms. The van der Waals surface area contributed by atoms with E-state index in [2.05, 4.69) is 24.3 Å². The summed E-state index contributed by atoms with van der Waals surface area (Å²) in [6.45, 7) is 9.70. The van der Waals surface area contributed by atoms with Gasteiger partial charge in [0.05, 0.1) is 11.4 Å². The van der Waals surface area contributed by atoms with Crippen LogP contribution in [-0.4, -0.2) is 29.5 Å². The van der Waals surface area contributed by atoms with Crippen molar-refractivity contribution in [1.82, 2.24) is 15.1 Å². The van der Waals surface area contributed by atoms with Crippen LogP contribution >= 0.6 is 11.6 Å². The lowest BCUT2D eigenvalue weighted by atomic mass is 10.2. The number of hydrogen-bond acceptors (Lipinski definition) is 3. The molecule has 1 aromatic heterocycles. The van der Waals surface area contributed by atoms with E-state index in [1.807, 2.05) is 35.9 Å². The van der Waals surface area contributed by atoms with Gasteiger partial charge >= 0.3 is 0 Å². The number of aromatic nitrogens is 2. The molecule has 0 radical (unpaired) electrons. The van der Waals surface area contributed by atoms with Crippen LogP contribution in [0.1, 0.15) is 36.7 Å². The summed E-state index contributed by atoms with van der Waals surface area (Å²) in [6, 6.07) is 7.77. The van der Waals surface area contributed by atoms with Gasteiger partial charge in [-0.1, -0.05) is 11.6 Å². The van der Waals surface area contributed by atoms with Gasteiger partial charge in [0.1, 0.15) is 0 Å². The topological polar surface area (TPSA) is 39.1 Å². The first-order valence-corrected chi connectivity index (χ1v) is 8.60. The Kier molecular flexibility index (Phi) is 7.09. The maximum Gasteiger partial charge on any atom is 0.0649 e. The number of ether oxygens (including phenoxy) is 1. The maximum absolute atomic E-state index is 5.96. The molecule has 1 N–H and O–H groups in total. The molecule has 0 spiro atoms. The van der Waals surface area contributed by atoms with Gasteiger partial charge < -0.3 is 10.1 Å². The first kappa shape index (κ1) is 18.0. The van der Waals surface area contributed by atoms with Crippen LogP contribution in [0.25, 0.3) is 5.69 Å². The van der Waals surface area contributed by atoms with E-state index in [4.69, 9.17) is 16.3 Å². The molecule has 0 aliphatic heterocycles. The molecule has 0 bridgehead atoms. The third kappa shape index (κ3) is 5.06. The average Bonchev–Trinajstić information content (AvgIpc) is 2.82. The Bertz CT molecular complexity index is 607. The Hall–Kier alpha value is -1.36. The fraction of sp³-hybridized carbons (Fsp3) is 0.500. The molecule has 0 amide bonds. The lowest BCUT2D eigenvalue weighted by Crippen LogP contribution is -2.16. The van der Waals surface area contributed by atoms with Gasteiger partial charge in [-0.05, 0) is 64.4 Å². The molecule has 0 aliphatic rings. The van der Waals surface area contributed by atoms with Crippen LogP contribution in [0.5, 0.6) is 0 Å². The quantitative estimate of drug-likeness (QED) is 0.703. The lowest BCUT2D eigenvalue weighted by Gasteiger charge is -2.07. The number of rotatable bonds is 9. The second-order valence-corrected chi connectivity index (χ2v) is 6.05. The van der Waals surface area contributed by atoms with Crippen molar-refractivity contribution < 1.29 is 4.74 Å². The van der Waals surface area contributed by atoms with Gasteiger partial charge in [0.2, 0.25) is 0 Å². The zero-order chi connectivity index (χ0) is 16.7. The van der Waals surface area contributed by atoms with Crippen LogP contribution in [0.15, 0.2) is 24.3 Å². The summed E-state index contributed by atoms with van der Waals surface area (Å²) in [6.07, 6.45) is 2.23. The van der Waals surface area contributed by atoms with Crippen molar-refractivity contribution in [2.45, 2.75) is 40.2 Å². The van der Waals surface area contributed by atoms with Crippen molar-refractivity contribution >= 4 is 11.6 Å². The lowest BCUT2D eigenvalue weighted by molar-refractivity contribution is 0.143. The number of unbranched alkanes of at least 4 members (excludes halogenated alkanes) is 1. The highest BCUT2D eigenvalue weighted by molar-refractivity contribution is 6.30. The van der Waals surface area contributed by atoms with Crippen LogP contribution in [0.2, 0.25) is 5.02 Å². The molecule has 1 heterocycles. The number of nitrogens with one attached hydrogen (secondary N) is 1. The third-order valence-corrected chi connectivity index (χ3v) is 4.16. The minimum Gasteiger partial charge on any atom is -0.382 e. The smallest absolute Gasteiger partial charge is 0.0649 e. The summed E-state index contributed by atoms with van der Waals surface area (Å²) in [7, 11) is 0. The SMILES string of the molecule is CCOCCCCNCc1c(C)nn(-c2ccc(Cl)cc2)c1C. The van der Waals surface area contributed by atoms with Gasteiger partial charge in [0.15, 0.2) is 0 Å². The van der Waals surface area contributed by atoms with Crippen molar-refractivity contribution in [3.8, 4) is 5.69 Å².